The van der Waals surface area contributed by atoms with E-state index < -0.39 is 8.03 Å². The van der Waals surface area contributed by atoms with Crippen LogP contribution in [0, 0.1) is 0 Å². The van der Waals surface area contributed by atoms with Gasteiger partial charge >= 0.3 is 8.03 Å². The molecule has 58 valence electrons. The fraction of sp³-hybridized carbons (Fsp3) is 0.143. The number of hydrogen-bond acceptors (Lipinski definition) is 2. The van der Waals surface area contributed by atoms with Gasteiger partial charge in [-0.15, -0.1) is 0 Å². The largest absolute Gasteiger partial charge is 0.546 e. The minimum atomic E-state index is -2.33. The van der Waals surface area contributed by atoms with Gasteiger partial charge in [-0.1, -0.05) is 18.2 Å². The molecule has 1 aromatic carbocycles. The first-order valence-corrected chi connectivity index (χ1v) is 4.32. The molecular formula is C7H8O3P+. The smallest absolute Gasteiger partial charge is 0.392 e. The van der Waals surface area contributed by atoms with Crippen LogP contribution in [0.5, 0.6) is 0 Å². The van der Waals surface area contributed by atoms with Crippen LogP contribution in [0.4, 0.5) is 0 Å². The Morgan fingerprint density at radius 1 is 1.36 bits per heavy atom. The van der Waals surface area contributed by atoms with E-state index in [0.717, 1.165) is 0 Å². The molecule has 0 radical (unpaired) electrons. The normalized spacial score (nSPS) is 11.3. The second kappa shape index (κ2) is 3.58. The predicted octanol–water partition coefficient (Wildman–Crippen LogP) is 0.539. The average molecular weight is 171 g/mol. The number of rotatable bonds is 2. The summed E-state index contributed by atoms with van der Waals surface area (Å²) in [6.07, 6.45) is 0. The third kappa shape index (κ3) is 1.84. The fourth-order valence-electron chi connectivity index (χ4n) is 0.831. The summed E-state index contributed by atoms with van der Waals surface area (Å²) >= 11 is 0. The van der Waals surface area contributed by atoms with Gasteiger partial charge in [0.05, 0.1) is 6.61 Å². The zero-order chi connectivity index (χ0) is 8.27. The summed E-state index contributed by atoms with van der Waals surface area (Å²) in [6.45, 7) is -0.197. The van der Waals surface area contributed by atoms with E-state index in [1.807, 2.05) is 0 Å². The standard InChI is InChI=1S/C7H7O3P/c8-5-6-3-1-2-4-7(6)11(9)10/h1-4,8H,5H2/p+1. The van der Waals surface area contributed by atoms with Crippen LogP contribution in [0.2, 0.25) is 0 Å². The first-order chi connectivity index (χ1) is 5.25. The van der Waals surface area contributed by atoms with Gasteiger partial charge in [0.1, 0.15) is 0 Å². The van der Waals surface area contributed by atoms with Crippen molar-refractivity contribution in [3.63, 3.8) is 0 Å². The van der Waals surface area contributed by atoms with Gasteiger partial charge < -0.3 is 5.11 Å². The maximum atomic E-state index is 10.6. The molecule has 2 N–H and O–H groups in total. The van der Waals surface area contributed by atoms with Gasteiger partial charge in [-0.25, -0.2) is 0 Å². The van der Waals surface area contributed by atoms with Gasteiger partial charge in [0.25, 0.3) is 0 Å². The molecule has 0 bridgehead atoms. The zero-order valence-corrected chi connectivity index (χ0v) is 6.66. The van der Waals surface area contributed by atoms with Crippen molar-refractivity contribution < 1.29 is 14.6 Å². The highest BCUT2D eigenvalue weighted by molar-refractivity contribution is 7.47. The summed E-state index contributed by atoms with van der Waals surface area (Å²) in [5.41, 5.74) is 0.510. The lowest BCUT2D eigenvalue weighted by atomic mass is 10.2. The van der Waals surface area contributed by atoms with E-state index in [4.69, 9.17) is 10.00 Å². The van der Waals surface area contributed by atoms with Crippen LogP contribution in [-0.2, 0) is 11.2 Å². The molecule has 1 atom stereocenters. The van der Waals surface area contributed by atoms with Crippen LogP contribution in [0.1, 0.15) is 5.56 Å². The molecular weight excluding hydrogens is 163 g/mol. The lowest BCUT2D eigenvalue weighted by molar-refractivity contribution is 0.282. The molecule has 0 saturated heterocycles. The molecule has 0 fully saturated rings. The summed E-state index contributed by atoms with van der Waals surface area (Å²) < 4.78 is 10.6. The molecule has 1 rings (SSSR count). The van der Waals surface area contributed by atoms with E-state index in [1.165, 1.54) is 6.07 Å². The molecule has 0 aliphatic heterocycles. The molecule has 0 aliphatic carbocycles. The van der Waals surface area contributed by atoms with Gasteiger partial charge in [0, 0.05) is 5.56 Å². The molecule has 0 amide bonds. The molecule has 1 aromatic rings. The highest BCUT2D eigenvalue weighted by Crippen LogP contribution is 2.15. The number of benzene rings is 1. The Hall–Kier alpha value is -0.760. The highest BCUT2D eigenvalue weighted by Gasteiger charge is 2.19. The highest BCUT2D eigenvalue weighted by atomic mass is 31.1. The van der Waals surface area contributed by atoms with E-state index in [9.17, 15) is 4.57 Å². The maximum absolute atomic E-state index is 10.6. The third-order valence-corrected chi connectivity index (χ3v) is 2.22. The van der Waals surface area contributed by atoms with E-state index >= 15 is 0 Å². The van der Waals surface area contributed by atoms with E-state index in [-0.39, 0.29) is 6.61 Å². The maximum Gasteiger partial charge on any atom is 0.546 e. The lowest BCUT2D eigenvalue weighted by Gasteiger charge is -1.92. The molecule has 4 heteroatoms. The van der Waals surface area contributed by atoms with Crippen LogP contribution in [0.15, 0.2) is 24.3 Å². The molecule has 3 nitrogen and oxygen atoms in total. The second-order valence-electron chi connectivity index (χ2n) is 2.06. The van der Waals surface area contributed by atoms with Crippen LogP contribution in [0.3, 0.4) is 0 Å². The summed E-state index contributed by atoms with van der Waals surface area (Å²) in [7, 11) is -2.33. The molecule has 0 heterocycles. The van der Waals surface area contributed by atoms with E-state index in [1.54, 1.807) is 18.2 Å². The van der Waals surface area contributed by atoms with Crippen molar-refractivity contribution in [1.82, 2.24) is 0 Å². The van der Waals surface area contributed by atoms with Crippen LogP contribution >= 0.6 is 8.03 Å². The van der Waals surface area contributed by atoms with Gasteiger partial charge in [0.2, 0.25) is 5.30 Å². The van der Waals surface area contributed by atoms with Crippen molar-refractivity contribution in [2.24, 2.45) is 0 Å². The Kier molecular flexibility index (Phi) is 2.71. The molecule has 0 saturated carbocycles. The average Bonchev–Trinajstić information content (AvgIpc) is 2.04. The van der Waals surface area contributed by atoms with Crippen LogP contribution in [-0.4, -0.2) is 10.00 Å². The Morgan fingerprint density at radius 3 is 2.45 bits per heavy atom. The fourth-order valence-corrected chi connectivity index (χ4v) is 1.44. The van der Waals surface area contributed by atoms with Gasteiger partial charge in [-0.2, -0.15) is 4.89 Å². The molecule has 11 heavy (non-hydrogen) atoms. The Labute approximate surface area is 65.2 Å². The predicted molar refractivity (Wildman–Crippen MR) is 41.8 cm³/mol. The second-order valence-corrected chi connectivity index (χ2v) is 3.09. The SMILES string of the molecule is O=[P+](O)c1ccccc1CO. The summed E-state index contributed by atoms with van der Waals surface area (Å²) in [5, 5.41) is 9.04. The lowest BCUT2D eigenvalue weighted by Crippen LogP contribution is -2.04. The first kappa shape index (κ1) is 8.34. The van der Waals surface area contributed by atoms with Gasteiger partial charge in [-0.05, 0) is 10.6 Å². The monoisotopic (exact) mass is 171 g/mol. The summed E-state index contributed by atoms with van der Waals surface area (Å²) in [5.74, 6) is 0. The van der Waals surface area contributed by atoms with E-state index in [2.05, 4.69) is 0 Å². The van der Waals surface area contributed by atoms with Crippen LogP contribution < -0.4 is 5.30 Å². The van der Waals surface area contributed by atoms with Gasteiger partial charge in [-0.3, -0.25) is 0 Å². The molecule has 0 aromatic heterocycles. The molecule has 0 spiro atoms. The van der Waals surface area contributed by atoms with Crippen molar-refractivity contribution in [3.05, 3.63) is 29.8 Å². The Morgan fingerprint density at radius 2 is 2.00 bits per heavy atom. The van der Waals surface area contributed by atoms with Crippen LogP contribution in [0.25, 0.3) is 0 Å². The van der Waals surface area contributed by atoms with Crippen molar-refractivity contribution in [2.75, 3.05) is 0 Å². The van der Waals surface area contributed by atoms with E-state index in [0.29, 0.717) is 10.9 Å². The summed E-state index contributed by atoms with van der Waals surface area (Å²) in [4.78, 5) is 8.73. The number of aliphatic hydroxyl groups excluding tert-OH is 1. The zero-order valence-electron chi connectivity index (χ0n) is 5.77. The minimum Gasteiger partial charge on any atom is -0.392 e. The van der Waals surface area contributed by atoms with Crippen molar-refractivity contribution >= 4 is 13.3 Å². The van der Waals surface area contributed by atoms with Gasteiger partial charge in [0.15, 0.2) is 0 Å². The molecule has 0 aliphatic rings. The number of aliphatic hydroxyl groups is 1. The van der Waals surface area contributed by atoms with Crippen molar-refractivity contribution in [2.45, 2.75) is 6.61 Å². The molecule has 1 unspecified atom stereocenters. The topological polar surface area (TPSA) is 57.5 Å². The minimum absolute atomic E-state index is 0.197. The Bertz CT molecular complexity index is 272. The summed E-state index contributed by atoms with van der Waals surface area (Å²) in [6, 6.07) is 6.54. The third-order valence-electron chi connectivity index (χ3n) is 1.37. The Balaban J connectivity index is 3.12. The first-order valence-electron chi connectivity index (χ1n) is 3.10. The quantitative estimate of drug-likeness (QED) is 0.638. The number of hydrogen-bond donors (Lipinski definition) is 2. The van der Waals surface area contributed by atoms with Crippen molar-refractivity contribution in [1.29, 1.82) is 0 Å². The van der Waals surface area contributed by atoms with Crippen molar-refractivity contribution in [3.8, 4) is 0 Å².